The number of para-hydroxylation sites is 1. The number of nitrogens with zero attached hydrogens (tertiary/aromatic N) is 3. The molecule has 0 saturated heterocycles. The summed E-state index contributed by atoms with van der Waals surface area (Å²) in [6, 6.07) is 54.1. The van der Waals surface area contributed by atoms with E-state index in [1.165, 1.54) is 0 Å². The maximum absolute atomic E-state index is 16.5. The summed E-state index contributed by atoms with van der Waals surface area (Å²) < 4.78 is 18.8. The van der Waals surface area contributed by atoms with Crippen LogP contribution in [-0.4, -0.2) is 14.5 Å². The Balaban J connectivity index is 1.41. The highest BCUT2D eigenvalue weighted by Crippen LogP contribution is 2.54. The van der Waals surface area contributed by atoms with E-state index >= 15 is 4.57 Å². The number of hydrogen-bond donors (Lipinski definition) is 0. The number of pyridine rings is 1. The molecule has 1 atom stereocenters. The fraction of sp³-hybridized carbons (Fsp3) is 0. The van der Waals surface area contributed by atoms with Crippen LogP contribution in [-0.2, 0) is 4.57 Å². The van der Waals surface area contributed by atoms with Crippen molar-refractivity contribution >= 4 is 55.6 Å². The average molecular weight is 646 g/mol. The monoisotopic (exact) mass is 645 g/mol. The lowest BCUT2D eigenvalue weighted by molar-refractivity contribution is 0.592. The second kappa shape index (κ2) is 10.7. The molecule has 10 rings (SSSR count). The Bertz CT molecular complexity index is 2730. The van der Waals surface area contributed by atoms with Crippen molar-refractivity contribution in [3.8, 4) is 39.3 Å². The van der Waals surface area contributed by atoms with Gasteiger partial charge >= 0.3 is 0 Å². The van der Waals surface area contributed by atoms with Gasteiger partial charge in [0.2, 0.25) is 0 Å². The van der Waals surface area contributed by atoms with E-state index in [2.05, 4.69) is 94.5 Å². The van der Waals surface area contributed by atoms with Gasteiger partial charge in [0.15, 0.2) is 7.14 Å². The third-order valence-corrected chi connectivity index (χ3v) is 13.0. The SMILES string of the molecule is O=P1(c2ccccc2)c2c(-c3c4ccccc4c(-c4cccnc4)c4ccccc34)cccc2-n2c(-c3ccccc3)nc3cccc1c32. The molecule has 0 aliphatic carbocycles. The van der Waals surface area contributed by atoms with E-state index in [9.17, 15) is 0 Å². The quantitative estimate of drug-likeness (QED) is 0.141. The first-order valence-corrected chi connectivity index (χ1v) is 18.2. The van der Waals surface area contributed by atoms with E-state index in [0.717, 1.165) is 87.8 Å². The molecule has 4 nitrogen and oxygen atoms in total. The molecule has 230 valence electrons. The van der Waals surface area contributed by atoms with Gasteiger partial charge in [-0.15, -0.1) is 0 Å². The molecule has 49 heavy (non-hydrogen) atoms. The summed E-state index contributed by atoms with van der Waals surface area (Å²) in [5.41, 5.74) is 7.89. The summed E-state index contributed by atoms with van der Waals surface area (Å²) in [7, 11) is -3.44. The molecule has 1 unspecified atom stereocenters. The van der Waals surface area contributed by atoms with Crippen molar-refractivity contribution in [3.05, 3.63) is 170 Å². The number of imidazole rings is 1. The molecule has 0 radical (unpaired) electrons. The van der Waals surface area contributed by atoms with Crippen LogP contribution in [0.25, 0.3) is 71.9 Å². The molecule has 9 aromatic rings. The lowest BCUT2D eigenvalue weighted by Crippen LogP contribution is -2.34. The molecule has 2 aromatic heterocycles. The van der Waals surface area contributed by atoms with Gasteiger partial charge in [-0.25, -0.2) is 4.98 Å². The third kappa shape index (κ3) is 3.96. The normalized spacial score (nSPS) is 15.1. The number of fused-ring (bicyclic) bond motifs is 4. The van der Waals surface area contributed by atoms with Crippen LogP contribution in [0.4, 0.5) is 0 Å². The molecule has 7 aromatic carbocycles. The van der Waals surface area contributed by atoms with E-state index in [4.69, 9.17) is 4.98 Å². The highest BCUT2D eigenvalue weighted by molar-refractivity contribution is 7.86. The summed E-state index contributed by atoms with van der Waals surface area (Å²) in [6.07, 6.45) is 3.75. The Morgan fingerprint density at radius 1 is 0.531 bits per heavy atom. The summed E-state index contributed by atoms with van der Waals surface area (Å²) in [6.45, 7) is 0. The van der Waals surface area contributed by atoms with Gasteiger partial charge < -0.3 is 4.57 Å². The Kier molecular flexibility index (Phi) is 6.12. The van der Waals surface area contributed by atoms with Gasteiger partial charge in [-0.1, -0.05) is 133 Å². The van der Waals surface area contributed by atoms with Crippen molar-refractivity contribution in [1.82, 2.24) is 14.5 Å². The van der Waals surface area contributed by atoms with Crippen molar-refractivity contribution < 1.29 is 4.57 Å². The average Bonchev–Trinajstić information content (AvgIpc) is 3.57. The van der Waals surface area contributed by atoms with E-state index < -0.39 is 7.14 Å². The third-order valence-electron chi connectivity index (χ3n) is 9.87. The molecule has 3 heterocycles. The molecule has 1 aliphatic rings. The molecule has 0 saturated carbocycles. The molecule has 0 spiro atoms. The molecule has 0 amide bonds. The van der Waals surface area contributed by atoms with Crippen LogP contribution < -0.4 is 15.9 Å². The van der Waals surface area contributed by atoms with Crippen molar-refractivity contribution in [2.45, 2.75) is 0 Å². The fourth-order valence-electron chi connectivity index (χ4n) is 7.89. The molecule has 0 bridgehead atoms. The van der Waals surface area contributed by atoms with Crippen LogP contribution in [0.2, 0.25) is 0 Å². The Hall–Kier alpha value is -6.09. The fourth-order valence-corrected chi connectivity index (χ4v) is 11.1. The van der Waals surface area contributed by atoms with Crippen molar-refractivity contribution in [1.29, 1.82) is 0 Å². The Morgan fingerprint density at radius 2 is 1.14 bits per heavy atom. The van der Waals surface area contributed by atoms with Crippen molar-refractivity contribution in [2.75, 3.05) is 0 Å². The number of hydrogen-bond acceptors (Lipinski definition) is 3. The zero-order valence-corrected chi connectivity index (χ0v) is 27.3. The van der Waals surface area contributed by atoms with Crippen LogP contribution in [0.15, 0.2) is 170 Å². The van der Waals surface area contributed by atoms with Crippen LogP contribution in [0.5, 0.6) is 0 Å². The molecular formula is C44H28N3OP. The lowest BCUT2D eigenvalue weighted by atomic mass is 9.86. The summed E-state index contributed by atoms with van der Waals surface area (Å²) >= 11 is 0. The van der Waals surface area contributed by atoms with E-state index in [-0.39, 0.29) is 0 Å². The van der Waals surface area contributed by atoms with Gasteiger partial charge in [-0.3, -0.25) is 9.55 Å². The molecular weight excluding hydrogens is 617 g/mol. The molecule has 1 aliphatic heterocycles. The standard InChI is InChI=1S/C44H28N3OP/c48-49(31-17-5-2-6-18-31)39-26-12-24-37-42(39)47(44(46-37)29-14-3-1-4-15-29)38-25-11-23-36(43(38)49)41-34-21-9-7-19-32(34)40(30-16-13-27-45-28-30)33-20-8-10-22-35(33)41/h1-28H. The zero-order chi connectivity index (χ0) is 32.5. The molecule has 5 heteroatoms. The second-order valence-corrected chi connectivity index (χ2v) is 15.1. The predicted molar refractivity (Wildman–Crippen MR) is 203 cm³/mol. The summed E-state index contributed by atoms with van der Waals surface area (Å²) in [5, 5.41) is 6.92. The smallest absolute Gasteiger partial charge is 0.175 e. The van der Waals surface area contributed by atoms with Crippen LogP contribution >= 0.6 is 7.14 Å². The largest absolute Gasteiger partial charge is 0.308 e. The first-order chi connectivity index (χ1) is 24.2. The van der Waals surface area contributed by atoms with Gasteiger partial charge in [0, 0.05) is 34.1 Å². The topological polar surface area (TPSA) is 47.8 Å². The highest BCUT2D eigenvalue weighted by Gasteiger charge is 2.42. The first kappa shape index (κ1) is 28.0. The highest BCUT2D eigenvalue weighted by atomic mass is 31.2. The number of aromatic nitrogens is 3. The summed E-state index contributed by atoms with van der Waals surface area (Å²) in [4.78, 5) is 9.68. The Labute approximate surface area is 283 Å². The van der Waals surface area contributed by atoms with Gasteiger partial charge in [-0.05, 0) is 62.5 Å². The maximum atomic E-state index is 16.5. The predicted octanol–water partition coefficient (Wildman–Crippen LogP) is 9.68. The minimum absolute atomic E-state index is 0.811. The maximum Gasteiger partial charge on any atom is 0.175 e. The van der Waals surface area contributed by atoms with Gasteiger partial charge in [0.25, 0.3) is 0 Å². The Morgan fingerprint density at radius 3 is 1.82 bits per heavy atom. The first-order valence-electron chi connectivity index (χ1n) is 16.4. The van der Waals surface area contributed by atoms with Crippen molar-refractivity contribution in [2.24, 2.45) is 0 Å². The van der Waals surface area contributed by atoms with Crippen molar-refractivity contribution in [3.63, 3.8) is 0 Å². The minimum Gasteiger partial charge on any atom is -0.308 e. The van der Waals surface area contributed by atoms with E-state index in [1.807, 2.05) is 85.2 Å². The zero-order valence-electron chi connectivity index (χ0n) is 26.4. The van der Waals surface area contributed by atoms with E-state index in [1.54, 1.807) is 0 Å². The van der Waals surface area contributed by atoms with E-state index in [0.29, 0.717) is 0 Å². The molecule has 0 N–H and O–H groups in total. The van der Waals surface area contributed by atoms with Crippen LogP contribution in [0.1, 0.15) is 0 Å². The number of rotatable bonds is 4. The van der Waals surface area contributed by atoms with Crippen LogP contribution in [0.3, 0.4) is 0 Å². The van der Waals surface area contributed by atoms with Gasteiger partial charge in [-0.2, -0.15) is 0 Å². The second-order valence-electron chi connectivity index (χ2n) is 12.5. The van der Waals surface area contributed by atoms with Gasteiger partial charge in [0.1, 0.15) is 5.82 Å². The van der Waals surface area contributed by atoms with Crippen LogP contribution in [0, 0.1) is 0 Å². The molecule has 0 fully saturated rings. The van der Waals surface area contributed by atoms with Gasteiger partial charge in [0.05, 0.1) is 22.0 Å². The minimum atomic E-state index is -3.44. The summed E-state index contributed by atoms with van der Waals surface area (Å²) in [5.74, 6) is 0.836. The number of benzene rings is 7. The lowest BCUT2D eigenvalue weighted by Gasteiger charge is -2.32.